The second-order valence-electron chi connectivity index (χ2n) is 6.67. The molecule has 0 spiro atoms. The Balaban J connectivity index is 1.45. The van der Waals surface area contributed by atoms with E-state index >= 15 is 0 Å². The van der Waals surface area contributed by atoms with Crippen molar-refractivity contribution in [2.45, 2.75) is 38.3 Å². The van der Waals surface area contributed by atoms with Gasteiger partial charge in [0.15, 0.2) is 5.78 Å². The van der Waals surface area contributed by atoms with E-state index in [2.05, 4.69) is 34.4 Å². The first kappa shape index (κ1) is 15.0. The SMILES string of the molecule is CC(C)(C1CO1)n1cc(CCC(=O)c2n[nH]c3ccccc23)nn1. The quantitative estimate of drug-likeness (QED) is 0.554. The van der Waals surface area contributed by atoms with E-state index < -0.39 is 0 Å². The number of carbonyl (C=O) groups is 1. The minimum atomic E-state index is -0.215. The molecule has 7 heteroatoms. The van der Waals surface area contributed by atoms with Gasteiger partial charge in [-0.05, 0) is 19.9 Å². The van der Waals surface area contributed by atoms with Crippen LogP contribution in [-0.4, -0.2) is 43.7 Å². The predicted octanol–water partition coefficient (Wildman–Crippen LogP) is 2.10. The Labute approximate surface area is 139 Å². The highest BCUT2D eigenvalue weighted by Crippen LogP contribution is 2.30. The van der Waals surface area contributed by atoms with E-state index in [1.54, 1.807) is 0 Å². The fourth-order valence-electron chi connectivity index (χ4n) is 2.83. The van der Waals surface area contributed by atoms with Crippen LogP contribution < -0.4 is 0 Å². The van der Waals surface area contributed by atoms with Crippen molar-refractivity contribution in [2.24, 2.45) is 0 Å². The van der Waals surface area contributed by atoms with Gasteiger partial charge in [-0.25, -0.2) is 4.68 Å². The molecule has 7 nitrogen and oxygen atoms in total. The molecule has 0 radical (unpaired) electrons. The number of H-pyrrole nitrogens is 1. The molecule has 124 valence electrons. The number of ketones is 1. The van der Waals surface area contributed by atoms with Crippen molar-refractivity contribution in [3.63, 3.8) is 0 Å². The number of para-hydroxylation sites is 1. The summed E-state index contributed by atoms with van der Waals surface area (Å²) in [5.74, 6) is 0.00628. The van der Waals surface area contributed by atoms with E-state index in [0.29, 0.717) is 18.5 Å². The summed E-state index contributed by atoms with van der Waals surface area (Å²) in [6, 6.07) is 7.63. The Morgan fingerprint density at radius 1 is 1.42 bits per heavy atom. The first-order valence-corrected chi connectivity index (χ1v) is 8.05. The highest BCUT2D eigenvalue weighted by Gasteiger charge is 2.42. The summed E-state index contributed by atoms with van der Waals surface area (Å²) >= 11 is 0. The van der Waals surface area contributed by atoms with Gasteiger partial charge in [0, 0.05) is 24.4 Å². The summed E-state index contributed by atoms with van der Waals surface area (Å²) in [5, 5.41) is 16.3. The molecule has 2 aromatic heterocycles. The van der Waals surface area contributed by atoms with Crippen LogP contribution in [-0.2, 0) is 16.7 Å². The van der Waals surface area contributed by atoms with E-state index in [1.165, 1.54) is 0 Å². The number of fused-ring (bicyclic) bond motifs is 1. The fourth-order valence-corrected chi connectivity index (χ4v) is 2.83. The highest BCUT2D eigenvalue weighted by atomic mass is 16.6. The summed E-state index contributed by atoms with van der Waals surface area (Å²) < 4.78 is 7.20. The summed E-state index contributed by atoms with van der Waals surface area (Å²) in [6.45, 7) is 4.90. The van der Waals surface area contributed by atoms with E-state index in [9.17, 15) is 4.79 Å². The molecule has 0 bridgehead atoms. The molecule has 1 aliphatic heterocycles. The monoisotopic (exact) mass is 325 g/mol. The predicted molar refractivity (Wildman–Crippen MR) is 87.8 cm³/mol. The maximum Gasteiger partial charge on any atom is 0.184 e. The molecule has 1 aliphatic rings. The Kier molecular flexibility index (Phi) is 3.45. The van der Waals surface area contributed by atoms with Crippen LogP contribution in [0.5, 0.6) is 0 Å². The third-order valence-corrected chi connectivity index (χ3v) is 4.60. The van der Waals surface area contributed by atoms with Gasteiger partial charge in [-0.15, -0.1) is 5.10 Å². The summed E-state index contributed by atoms with van der Waals surface area (Å²) in [7, 11) is 0. The van der Waals surface area contributed by atoms with Gasteiger partial charge in [-0.2, -0.15) is 5.10 Å². The zero-order valence-corrected chi connectivity index (χ0v) is 13.7. The van der Waals surface area contributed by atoms with Crippen LogP contribution in [0.25, 0.3) is 10.9 Å². The average molecular weight is 325 g/mol. The van der Waals surface area contributed by atoms with Crippen LogP contribution in [0, 0.1) is 0 Å². The number of aryl methyl sites for hydroxylation is 1. The zero-order valence-electron chi connectivity index (χ0n) is 13.7. The van der Waals surface area contributed by atoms with Crippen molar-refractivity contribution in [3.8, 4) is 0 Å². The Morgan fingerprint density at radius 3 is 3.00 bits per heavy atom. The molecule has 1 N–H and O–H groups in total. The van der Waals surface area contributed by atoms with Gasteiger partial charge in [-0.3, -0.25) is 9.89 Å². The van der Waals surface area contributed by atoms with Crippen LogP contribution in [0.3, 0.4) is 0 Å². The molecule has 1 aromatic carbocycles. The lowest BCUT2D eigenvalue weighted by atomic mass is 10.0. The topological polar surface area (TPSA) is 89.0 Å². The molecular formula is C17H19N5O2. The normalized spacial score (nSPS) is 17.3. The number of hydrogen-bond donors (Lipinski definition) is 1. The number of ether oxygens (including phenoxy) is 1. The number of epoxide rings is 1. The van der Waals surface area contributed by atoms with Crippen molar-refractivity contribution >= 4 is 16.7 Å². The molecule has 1 saturated heterocycles. The molecule has 1 fully saturated rings. The Morgan fingerprint density at radius 2 is 2.21 bits per heavy atom. The first-order valence-electron chi connectivity index (χ1n) is 8.05. The average Bonchev–Trinajstić information content (AvgIpc) is 3.19. The molecule has 0 saturated carbocycles. The lowest BCUT2D eigenvalue weighted by Crippen LogP contribution is -2.33. The van der Waals surface area contributed by atoms with Gasteiger partial charge in [0.2, 0.25) is 0 Å². The van der Waals surface area contributed by atoms with Gasteiger partial charge in [0.05, 0.1) is 23.4 Å². The minimum absolute atomic E-state index is 0.00628. The van der Waals surface area contributed by atoms with E-state index in [-0.39, 0.29) is 17.4 Å². The second kappa shape index (κ2) is 5.52. The first-order chi connectivity index (χ1) is 11.6. The largest absolute Gasteiger partial charge is 0.371 e. The van der Waals surface area contributed by atoms with Crippen molar-refractivity contribution in [1.82, 2.24) is 25.2 Å². The van der Waals surface area contributed by atoms with Crippen LogP contribution >= 0.6 is 0 Å². The third-order valence-electron chi connectivity index (χ3n) is 4.60. The number of nitrogens with zero attached hydrogens (tertiary/aromatic N) is 4. The van der Waals surface area contributed by atoms with Gasteiger partial charge < -0.3 is 4.74 Å². The zero-order chi connectivity index (χ0) is 16.7. The fraction of sp³-hybridized carbons (Fsp3) is 0.412. The lowest BCUT2D eigenvalue weighted by molar-refractivity contribution is 0.0979. The van der Waals surface area contributed by atoms with E-state index in [4.69, 9.17) is 4.74 Å². The molecule has 3 heterocycles. The second-order valence-corrected chi connectivity index (χ2v) is 6.67. The summed E-state index contributed by atoms with van der Waals surface area (Å²) in [5.41, 5.74) is 1.95. The molecule has 1 unspecified atom stereocenters. The molecule has 4 rings (SSSR count). The van der Waals surface area contributed by atoms with Crippen molar-refractivity contribution in [3.05, 3.63) is 41.9 Å². The van der Waals surface area contributed by atoms with Crippen molar-refractivity contribution < 1.29 is 9.53 Å². The number of carbonyl (C=O) groups excluding carboxylic acids is 1. The molecule has 24 heavy (non-hydrogen) atoms. The maximum absolute atomic E-state index is 12.5. The van der Waals surface area contributed by atoms with Crippen molar-refractivity contribution in [2.75, 3.05) is 6.61 Å². The van der Waals surface area contributed by atoms with Crippen LogP contribution in [0.2, 0.25) is 0 Å². The molecule has 0 amide bonds. The van der Waals surface area contributed by atoms with Crippen LogP contribution in [0.1, 0.15) is 36.5 Å². The van der Waals surface area contributed by atoms with Crippen molar-refractivity contribution in [1.29, 1.82) is 0 Å². The highest BCUT2D eigenvalue weighted by molar-refractivity contribution is 6.05. The summed E-state index contributed by atoms with van der Waals surface area (Å²) in [4.78, 5) is 12.5. The van der Waals surface area contributed by atoms with Gasteiger partial charge in [0.25, 0.3) is 0 Å². The Hall–Kier alpha value is -2.54. The number of hydrogen-bond acceptors (Lipinski definition) is 5. The van der Waals surface area contributed by atoms with Crippen LogP contribution in [0.4, 0.5) is 0 Å². The number of rotatable bonds is 6. The number of aromatic nitrogens is 5. The Bertz CT molecular complexity index is 891. The standard InChI is InChI=1S/C17H19N5O2/c1-17(2,15-10-24-15)22-9-11(18-21-22)7-8-14(23)16-12-5-3-4-6-13(12)19-20-16/h3-6,9,15H,7-8,10H2,1-2H3,(H,19,20). The van der Waals surface area contributed by atoms with Gasteiger partial charge in [-0.1, -0.05) is 23.4 Å². The minimum Gasteiger partial charge on any atom is -0.371 e. The van der Waals surface area contributed by atoms with Gasteiger partial charge >= 0.3 is 0 Å². The third kappa shape index (κ3) is 2.60. The number of Topliss-reactive ketones (excluding diaryl/α,β-unsaturated/α-hetero) is 1. The smallest absolute Gasteiger partial charge is 0.184 e. The number of benzene rings is 1. The molecule has 3 aromatic rings. The molecule has 0 aliphatic carbocycles. The van der Waals surface area contributed by atoms with E-state index in [0.717, 1.165) is 23.2 Å². The van der Waals surface area contributed by atoms with Gasteiger partial charge in [0.1, 0.15) is 11.8 Å². The maximum atomic E-state index is 12.5. The number of nitrogens with one attached hydrogen (secondary N) is 1. The summed E-state index contributed by atoms with van der Waals surface area (Å²) in [6.07, 6.45) is 2.98. The lowest BCUT2D eigenvalue weighted by Gasteiger charge is -2.21. The molecule has 1 atom stereocenters. The van der Waals surface area contributed by atoms with E-state index in [1.807, 2.05) is 35.1 Å². The molecular weight excluding hydrogens is 306 g/mol. The number of aromatic amines is 1. The van der Waals surface area contributed by atoms with Crippen LogP contribution in [0.15, 0.2) is 30.5 Å².